The summed E-state index contributed by atoms with van der Waals surface area (Å²) in [6, 6.07) is 6.05. The SMILES string of the molecule is C=C/C(=C\N=C(/N)[S+](C)[O-])c1ccc(N(C)/C(N)=C/c2c(C=C)ncn2C)c(CC)c1. The Balaban J connectivity index is 2.42. The number of aryl methyl sites for hydroxylation is 2. The molecular weight excluding hydrogens is 408 g/mol. The molecule has 1 unspecified atom stereocenters. The van der Waals surface area contributed by atoms with Crippen LogP contribution >= 0.6 is 0 Å². The maximum Gasteiger partial charge on any atom is 0.313 e. The van der Waals surface area contributed by atoms with E-state index < -0.39 is 11.2 Å². The van der Waals surface area contributed by atoms with Crippen molar-refractivity contribution < 1.29 is 4.55 Å². The van der Waals surface area contributed by atoms with Crippen molar-refractivity contribution in [3.05, 3.63) is 78.3 Å². The number of hydrogen-bond acceptors (Lipinski definition) is 5. The highest BCUT2D eigenvalue weighted by atomic mass is 32.2. The van der Waals surface area contributed by atoms with E-state index in [2.05, 4.69) is 36.1 Å². The molecule has 4 N–H and O–H groups in total. The summed E-state index contributed by atoms with van der Waals surface area (Å²) in [4.78, 5) is 10.3. The summed E-state index contributed by atoms with van der Waals surface area (Å²) in [5.74, 6) is 0.580. The number of anilines is 1. The molecule has 8 heteroatoms. The molecule has 164 valence electrons. The van der Waals surface area contributed by atoms with Crippen molar-refractivity contribution in [3.8, 4) is 0 Å². The lowest BCUT2D eigenvalue weighted by Crippen LogP contribution is -2.24. The van der Waals surface area contributed by atoms with Gasteiger partial charge in [0, 0.05) is 43.2 Å². The van der Waals surface area contributed by atoms with Gasteiger partial charge >= 0.3 is 5.17 Å². The van der Waals surface area contributed by atoms with Crippen molar-refractivity contribution in [1.82, 2.24) is 9.55 Å². The van der Waals surface area contributed by atoms with Gasteiger partial charge < -0.3 is 25.5 Å². The van der Waals surface area contributed by atoms with Crippen LogP contribution in [-0.4, -0.2) is 32.6 Å². The molecule has 0 aliphatic heterocycles. The van der Waals surface area contributed by atoms with Crippen molar-refractivity contribution in [1.29, 1.82) is 0 Å². The minimum absolute atomic E-state index is 0.0680. The molecule has 0 fully saturated rings. The van der Waals surface area contributed by atoms with Crippen molar-refractivity contribution in [2.45, 2.75) is 13.3 Å². The fourth-order valence-corrected chi connectivity index (χ4v) is 3.20. The number of amidine groups is 1. The van der Waals surface area contributed by atoms with Gasteiger partial charge in [0.25, 0.3) is 0 Å². The van der Waals surface area contributed by atoms with E-state index in [-0.39, 0.29) is 5.17 Å². The fourth-order valence-electron chi connectivity index (χ4n) is 2.99. The molecule has 31 heavy (non-hydrogen) atoms. The van der Waals surface area contributed by atoms with Crippen LogP contribution in [0.4, 0.5) is 5.69 Å². The van der Waals surface area contributed by atoms with Crippen molar-refractivity contribution in [3.63, 3.8) is 0 Å². The highest BCUT2D eigenvalue weighted by Gasteiger charge is 2.13. The highest BCUT2D eigenvalue weighted by molar-refractivity contribution is 8.05. The largest absolute Gasteiger partial charge is 0.609 e. The van der Waals surface area contributed by atoms with E-state index in [1.54, 1.807) is 24.7 Å². The third-order valence-corrected chi connectivity index (χ3v) is 5.57. The Morgan fingerprint density at radius 3 is 2.65 bits per heavy atom. The average Bonchev–Trinajstić information content (AvgIpc) is 3.12. The molecule has 2 rings (SSSR count). The lowest BCUT2D eigenvalue weighted by atomic mass is 10.0. The molecule has 0 spiro atoms. The smallest absolute Gasteiger partial charge is 0.313 e. The molecule has 1 heterocycles. The van der Waals surface area contributed by atoms with Gasteiger partial charge in [-0.25, -0.2) is 4.98 Å². The summed E-state index contributed by atoms with van der Waals surface area (Å²) in [6.45, 7) is 9.75. The number of aromatic nitrogens is 2. The van der Waals surface area contributed by atoms with Gasteiger partial charge in [-0.2, -0.15) is 4.99 Å². The van der Waals surface area contributed by atoms with E-state index in [1.807, 2.05) is 41.8 Å². The van der Waals surface area contributed by atoms with Gasteiger partial charge in [-0.15, -0.1) is 0 Å². The predicted molar refractivity (Wildman–Crippen MR) is 134 cm³/mol. The summed E-state index contributed by atoms with van der Waals surface area (Å²) < 4.78 is 13.3. The van der Waals surface area contributed by atoms with Crippen LogP contribution in [0.2, 0.25) is 0 Å². The van der Waals surface area contributed by atoms with Crippen LogP contribution in [0.15, 0.2) is 60.8 Å². The summed E-state index contributed by atoms with van der Waals surface area (Å²) >= 11 is -1.31. The van der Waals surface area contributed by atoms with E-state index in [0.29, 0.717) is 5.82 Å². The lowest BCUT2D eigenvalue weighted by molar-refractivity contribution is 0.611. The van der Waals surface area contributed by atoms with E-state index >= 15 is 0 Å². The number of allylic oxidation sites excluding steroid dienone is 2. The van der Waals surface area contributed by atoms with E-state index in [4.69, 9.17) is 11.5 Å². The first-order valence-electron chi connectivity index (χ1n) is 9.70. The number of aliphatic imine (C=N–C) groups is 1. The zero-order chi connectivity index (χ0) is 23.1. The van der Waals surface area contributed by atoms with Gasteiger partial charge in [-0.3, -0.25) is 0 Å². The minimum atomic E-state index is -1.31. The molecule has 1 aromatic carbocycles. The summed E-state index contributed by atoms with van der Waals surface area (Å²) in [5.41, 5.74) is 17.6. The summed E-state index contributed by atoms with van der Waals surface area (Å²) in [5, 5.41) is 0.0680. The fraction of sp³-hybridized carbons (Fsp3) is 0.217. The van der Waals surface area contributed by atoms with Crippen LogP contribution in [0.3, 0.4) is 0 Å². The predicted octanol–water partition coefficient (Wildman–Crippen LogP) is 3.24. The molecule has 1 atom stereocenters. The third kappa shape index (κ3) is 5.68. The van der Waals surface area contributed by atoms with Crippen LogP contribution in [-0.2, 0) is 24.6 Å². The molecule has 0 saturated heterocycles. The van der Waals surface area contributed by atoms with Gasteiger partial charge in [0.15, 0.2) is 0 Å². The Kier molecular flexibility index (Phi) is 8.30. The maximum atomic E-state index is 11.4. The van der Waals surface area contributed by atoms with Crippen LogP contribution in [0, 0.1) is 0 Å². The highest BCUT2D eigenvalue weighted by Crippen LogP contribution is 2.28. The molecular formula is C23H30N6OS. The number of benzene rings is 1. The molecule has 0 aliphatic carbocycles. The quantitative estimate of drug-likeness (QED) is 0.285. The topological polar surface area (TPSA) is 109 Å². The molecule has 0 amide bonds. The number of nitrogens with zero attached hydrogens (tertiary/aromatic N) is 4. The van der Waals surface area contributed by atoms with E-state index in [0.717, 1.165) is 40.2 Å². The van der Waals surface area contributed by atoms with E-state index in [9.17, 15) is 4.55 Å². The second-order valence-electron chi connectivity index (χ2n) is 6.87. The second kappa shape index (κ2) is 10.7. The number of nitrogens with two attached hydrogens (primary N) is 2. The maximum absolute atomic E-state index is 11.4. The normalized spacial score (nSPS) is 13.8. The monoisotopic (exact) mass is 438 g/mol. The van der Waals surface area contributed by atoms with Gasteiger partial charge in [0.1, 0.15) is 12.1 Å². The summed E-state index contributed by atoms with van der Waals surface area (Å²) in [7, 11) is 3.84. The minimum Gasteiger partial charge on any atom is -0.609 e. The number of rotatable bonds is 8. The molecule has 0 radical (unpaired) electrons. The average molecular weight is 439 g/mol. The van der Waals surface area contributed by atoms with Gasteiger partial charge in [0.2, 0.25) is 0 Å². The Morgan fingerprint density at radius 1 is 1.35 bits per heavy atom. The van der Waals surface area contributed by atoms with Crippen molar-refractivity contribution in [2.24, 2.45) is 23.5 Å². The Hall–Kier alpha value is -3.23. The van der Waals surface area contributed by atoms with Crippen molar-refractivity contribution in [2.75, 3.05) is 18.2 Å². The van der Waals surface area contributed by atoms with Crippen LogP contribution in [0.25, 0.3) is 17.7 Å². The Labute approximate surface area is 187 Å². The molecule has 1 aromatic heterocycles. The van der Waals surface area contributed by atoms with E-state index in [1.165, 1.54) is 6.26 Å². The molecule has 0 bridgehead atoms. The first kappa shape index (κ1) is 24.0. The molecule has 0 aliphatic rings. The Bertz CT molecular complexity index is 1050. The zero-order valence-electron chi connectivity index (χ0n) is 18.5. The van der Waals surface area contributed by atoms with Crippen LogP contribution in [0.5, 0.6) is 0 Å². The first-order valence-corrected chi connectivity index (χ1v) is 11.3. The standard InChI is InChI=1S/C23H30N6OS/c1-7-16-12-18(17(8-2)14-26-23(25)31(6)30)10-11-20(16)29(5)22(24)13-21-19(9-3)27-15-28(21)4/h8-15H,2-3,7,24H2,1,4-6H3,(H2,25,26)/b17-14+,22-13+. The first-order chi connectivity index (χ1) is 14.7. The van der Waals surface area contributed by atoms with Gasteiger partial charge in [-0.05, 0) is 41.3 Å². The second-order valence-corrected chi connectivity index (χ2v) is 8.19. The zero-order valence-corrected chi connectivity index (χ0v) is 19.3. The number of hydrogen-bond donors (Lipinski definition) is 2. The van der Waals surface area contributed by atoms with Gasteiger partial charge in [-0.1, -0.05) is 32.2 Å². The third-order valence-electron chi connectivity index (χ3n) is 4.88. The lowest BCUT2D eigenvalue weighted by Gasteiger charge is -2.23. The van der Waals surface area contributed by atoms with Crippen LogP contribution < -0.4 is 16.4 Å². The number of imidazole rings is 1. The Morgan fingerprint density at radius 2 is 2.06 bits per heavy atom. The molecule has 0 saturated carbocycles. The van der Waals surface area contributed by atoms with Crippen molar-refractivity contribution >= 4 is 39.8 Å². The molecule has 7 nitrogen and oxygen atoms in total. The molecule has 2 aromatic rings. The van der Waals surface area contributed by atoms with Crippen LogP contribution in [0.1, 0.15) is 29.4 Å². The van der Waals surface area contributed by atoms with Gasteiger partial charge in [0.05, 0.1) is 17.7 Å². The summed E-state index contributed by atoms with van der Waals surface area (Å²) in [6.07, 6.45) is 10.9.